The van der Waals surface area contributed by atoms with Crippen LogP contribution in [0.3, 0.4) is 0 Å². The van der Waals surface area contributed by atoms with Crippen LogP contribution in [0.2, 0.25) is 0 Å². The molecule has 0 aromatic heterocycles. The first-order chi connectivity index (χ1) is 6.74. The summed E-state index contributed by atoms with van der Waals surface area (Å²) < 4.78 is 0. The molecule has 0 amide bonds. The van der Waals surface area contributed by atoms with E-state index in [1.165, 1.54) is 5.56 Å². The van der Waals surface area contributed by atoms with E-state index in [-0.39, 0.29) is 0 Å². The first-order valence-corrected chi connectivity index (χ1v) is 5.06. The number of hydrogen-bond acceptors (Lipinski definition) is 1. The summed E-state index contributed by atoms with van der Waals surface area (Å²) in [6.07, 6.45) is 1.82. The Hall–Kier alpha value is -1.31. The van der Waals surface area contributed by atoms with Crippen LogP contribution in [-0.4, -0.2) is 24.3 Å². The van der Waals surface area contributed by atoms with E-state index in [0.29, 0.717) is 5.84 Å². The van der Waals surface area contributed by atoms with Gasteiger partial charge in [0.25, 0.3) is 0 Å². The minimum atomic E-state index is 0.709. The molecular weight excluding hydrogens is 172 g/mol. The Morgan fingerprint density at radius 2 is 1.93 bits per heavy atom. The Morgan fingerprint density at radius 3 is 2.50 bits per heavy atom. The fourth-order valence-electron chi connectivity index (χ4n) is 1.35. The average molecular weight is 190 g/mol. The van der Waals surface area contributed by atoms with Crippen molar-refractivity contribution in [3.05, 3.63) is 35.9 Å². The Kier molecular flexibility index (Phi) is 4.17. The predicted molar refractivity (Wildman–Crippen MR) is 60.8 cm³/mol. The molecule has 1 rings (SSSR count). The molecule has 1 N–H and O–H groups in total. The van der Waals surface area contributed by atoms with Crippen LogP contribution >= 0.6 is 0 Å². The number of benzene rings is 1. The van der Waals surface area contributed by atoms with Gasteiger partial charge in [0.1, 0.15) is 0 Å². The van der Waals surface area contributed by atoms with E-state index in [4.69, 9.17) is 5.41 Å². The number of nitrogens with zero attached hydrogens (tertiary/aromatic N) is 1. The molecule has 2 nitrogen and oxygen atoms in total. The normalized spacial score (nSPS) is 9.86. The molecule has 0 fully saturated rings. The van der Waals surface area contributed by atoms with Gasteiger partial charge in [-0.2, -0.15) is 0 Å². The lowest BCUT2D eigenvalue weighted by molar-refractivity contribution is 0.495. The van der Waals surface area contributed by atoms with Crippen LogP contribution in [0.15, 0.2) is 30.3 Å². The third-order valence-corrected chi connectivity index (χ3v) is 2.37. The number of likely N-dealkylation sites (N-methyl/N-ethyl adjacent to an activating group) is 1. The third kappa shape index (κ3) is 3.21. The van der Waals surface area contributed by atoms with Crippen LogP contribution in [0.1, 0.15) is 18.9 Å². The van der Waals surface area contributed by atoms with Gasteiger partial charge in [0.2, 0.25) is 0 Å². The molecule has 0 heterocycles. The highest BCUT2D eigenvalue weighted by Gasteiger charge is 2.01. The highest BCUT2D eigenvalue weighted by molar-refractivity contribution is 5.78. The predicted octanol–water partition coefficient (Wildman–Crippen LogP) is 2.55. The Morgan fingerprint density at radius 1 is 1.29 bits per heavy atom. The monoisotopic (exact) mass is 190 g/mol. The summed E-state index contributed by atoms with van der Waals surface area (Å²) in [4.78, 5) is 2.01. The largest absolute Gasteiger partial charge is 0.363 e. The zero-order chi connectivity index (χ0) is 10.4. The van der Waals surface area contributed by atoms with Crippen molar-refractivity contribution in [1.29, 1.82) is 5.41 Å². The standard InChI is InChI=1S/C12H18N2/c1-3-12(13)14(2)10-9-11-7-5-4-6-8-11/h4-8,13H,3,9-10H2,1-2H3. The van der Waals surface area contributed by atoms with E-state index in [1.807, 2.05) is 24.9 Å². The van der Waals surface area contributed by atoms with Gasteiger partial charge in [0.15, 0.2) is 0 Å². The summed E-state index contributed by atoms with van der Waals surface area (Å²) in [5.41, 5.74) is 1.34. The summed E-state index contributed by atoms with van der Waals surface area (Å²) in [6.45, 7) is 2.94. The summed E-state index contributed by atoms with van der Waals surface area (Å²) in [5.74, 6) is 0.709. The van der Waals surface area contributed by atoms with Crippen LogP contribution in [0.25, 0.3) is 0 Å². The third-order valence-electron chi connectivity index (χ3n) is 2.37. The minimum absolute atomic E-state index is 0.709. The smallest absolute Gasteiger partial charge is 0.0952 e. The minimum Gasteiger partial charge on any atom is -0.363 e. The maximum Gasteiger partial charge on any atom is 0.0952 e. The van der Waals surface area contributed by atoms with E-state index in [1.54, 1.807) is 0 Å². The van der Waals surface area contributed by atoms with E-state index < -0.39 is 0 Å². The van der Waals surface area contributed by atoms with Crippen molar-refractivity contribution in [3.8, 4) is 0 Å². The quantitative estimate of drug-likeness (QED) is 0.573. The zero-order valence-electron chi connectivity index (χ0n) is 8.96. The highest BCUT2D eigenvalue weighted by Crippen LogP contribution is 2.01. The van der Waals surface area contributed by atoms with Gasteiger partial charge in [-0.25, -0.2) is 0 Å². The van der Waals surface area contributed by atoms with Crippen molar-refractivity contribution in [2.24, 2.45) is 0 Å². The van der Waals surface area contributed by atoms with Crippen molar-refractivity contribution in [1.82, 2.24) is 4.90 Å². The van der Waals surface area contributed by atoms with Crippen molar-refractivity contribution in [2.45, 2.75) is 19.8 Å². The van der Waals surface area contributed by atoms with Crippen molar-refractivity contribution in [3.63, 3.8) is 0 Å². The van der Waals surface area contributed by atoms with Crippen molar-refractivity contribution >= 4 is 5.84 Å². The van der Waals surface area contributed by atoms with Gasteiger partial charge in [-0.15, -0.1) is 0 Å². The molecule has 0 unspecified atom stereocenters. The second kappa shape index (κ2) is 5.43. The molecular formula is C12H18N2. The van der Waals surface area contributed by atoms with Crippen LogP contribution in [0, 0.1) is 5.41 Å². The fraction of sp³-hybridized carbons (Fsp3) is 0.417. The fourth-order valence-corrected chi connectivity index (χ4v) is 1.35. The van der Waals surface area contributed by atoms with Gasteiger partial charge in [-0.05, 0) is 12.0 Å². The van der Waals surface area contributed by atoms with E-state index in [2.05, 4.69) is 24.3 Å². The van der Waals surface area contributed by atoms with E-state index in [0.717, 1.165) is 19.4 Å². The molecule has 0 atom stereocenters. The Bertz CT molecular complexity index is 280. The second-order valence-electron chi connectivity index (χ2n) is 3.46. The molecule has 76 valence electrons. The first kappa shape index (κ1) is 10.8. The second-order valence-corrected chi connectivity index (χ2v) is 3.46. The van der Waals surface area contributed by atoms with Crippen LogP contribution in [-0.2, 0) is 6.42 Å². The molecule has 1 aromatic carbocycles. The summed E-state index contributed by atoms with van der Waals surface area (Å²) in [7, 11) is 1.98. The molecule has 0 aliphatic rings. The molecule has 1 aromatic rings. The SMILES string of the molecule is CCC(=N)N(C)CCc1ccccc1. The molecule has 0 radical (unpaired) electrons. The van der Waals surface area contributed by atoms with Crippen molar-refractivity contribution < 1.29 is 0 Å². The van der Waals surface area contributed by atoms with Crippen molar-refractivity contribution in [2.75, 3.05) is 13.6 Å². The summed E-state index contributed by atoms with van der Waals surface area (Å²) >= 11 is 0. The maximum atomic E-state index is 7.64. The lowest BCUT2D eigenvalue weighted by Crippen LogP contribution is -2.27. The van der Waals surface area contributed by atoms with E-state index >= 15 is 0 Å². The lowest BCUT2D eigenvalue weighted by Gasteiger charge is -2.18. The Balaban J connectivity index is 2.38. The number of hydrogen-bond donors (Lipinski definition) is 1. The maximum absolute atomic E-state index is 7.64. The highest BCUT2D eigenvalue weighted by atomic mass is 15.1. The van der Waals surface area contributed by atoms with Gasteiger partial charge < -0.3 is 4.90 Å². The van der Waals surface area contributed by atoms with Crippen LogP contribution in [0.4, 0.5) is 0 Å². The number of nitrogens with one attached hydrogen (secondary N) is 1. The van der Waals surface area contributed by atoms with E-state index in [9.17, 15) is 0 Å². The molecule has 0 saturated heterocycles. The molecule has 2 heteroatoms. The first-order valence-electron chi connectivity index (χ1n) is 5.06. The molecule has 0 aliphatic carbocycles. The van der Waals surface area contributed by atoms with Crippen LogP contribution < -0.4 is 0 Å². The van der Waals surface area contributed by atoms with Crippen LogP contribution in [0.5, 0.6) is 0 Å². The molecule has 14 heavy (non-hydrogen) atoms. The van der Waals surface area contributed by atoms with Gasteiger partial charge in [-0.3, -0.25) is 5.41 Å². The molecule has 0 spiro atoms. The summed E-state index contributed by atoms with van der Waals surface area (Å²) in [5, 5.41) is 7.64. The zero-order valence-corrected chi connectivity index (χ0v) is 8.96. The van der Waals surface area contributed by atoms with Gasteiger partial charge in [0.05, 0.1) is 5.84 Å². The number of amidine groups is 1. The molecule has 0 bridgehead atoms. The van der Waals surface area contributed by atoms with Gasteiger partial charge in [-0.1, -0.05) is 37.3 Å². The number of rotatable bonds is 4. The van der Waals surface area contributed by atoms with Gasteiger partial charge >= 0.3 is 0 Å². The topological polar surface area (TPSA) is 27.1 Å². The Labute approximate surface area is 86.1 Å². The molecule has 0 aliphatic heterocycles. The lowest BCUT2D eigenvalue weighted by atomic mass is 10.1. The average Bonchev–Trinajstić information content (AvgIpc) is 2.26. The molecule has 0 saturated carbocycles. The summed E-state index contributed by atoms with van der Waals surface area (Å²) in [6, 6.07) is 10.4. The van der Waals surface area contributed by atoms with Gasteiger partial charge in [0, 0.05) is 20.0 Å².